The highest BCUT2D eigenvalue weighted by molar-refractivity contribution is 7.89. The lowest BCUT2D eigenvalue weighted by atomic mass is 10.2. The molecule has 0 saturated carbocycles. The summed E-state index contributed by atoms with van der Waals surface area (Å²) in [5, 5.41) is 4.92. The molecule has 1 heterocycles. The number of primary sulfonamides is 1. The topological polar surface area (TPSA) is 124 Å². The number of imidazole rings is 1. The van der Waals surface area contributed by atoms with Gasteiger partial charge in [0.25, 0.3) is 10.0 Å². The fraction of sp³-hybridized carbons (Fsp3) is 0.182. The smallest absolute Gasteiger partial charge is 0.259 e. The van der Waals surface area contributed by atoms with E-state index in [0.29, 0.717) is 5.56 Å². The van der Waals surface area contributed by atoms with Crippen LogP contribution in [0.5, 0.6) is 0 Å². The third kappa shape index (κ3) is 3.88. The maximum absolute atomic E-state index is 12.0. The number of benzene rings is 1. The Bertz CT molecular complexity index is 856. The van der Waals surface area contributed by atoms with Gasteiger partial charge in [-0.15, -0.1) is 0 Å². The van der Waals surface area contributed by atoms with Crippen molar-refractivity contribution in [3.05, 3.63) is 42.4 Å². The second kappa shape index (κ2) is 5.56. The van der Waals surface area contributed by atoms with Crippen molar-refractivity contribution in [2.75, 3.05) is 0 Å². The molecule has 0 aliphatic rings. The van der Waals surface area contributed by atoms with E-state index in [1.165, 1.54) is 35.3 Å². The molecule has 2 rings (SSSR count). The Labute approximate surface area is 122 Å². The van der Waals surface area contributed by atoms with Gasteiger partial charge in [-0.3, -0.25) is 0 Å². The first kappa shape index (κ1) is 15.6. The number of aromatic nitrogens is 2. The Kier molecular flexibility index (Phi) is 4.14. The minimum absolute atomic E-state index is 0.0672. The van der Waals surface area contributed by atoms with Gasteiger partial charge in [-0.25, -0.2) is 31.7 Å². The standard InChI is InChI=1S/C11H14N4O4S2/c1-15-7-11(13-8-15)21(18,19)14-6-9-3-2-4-10(5-9)20(12,16)17/h2-5,7-8,14H,6H2,1H3,(H2,12,16,17). The quantitative estimate of drug-likeness (QED) is 0.768. The van der Waals surface area contributed by atoms with Gasteiger partial charge in [0.15, 0.2) is 5.03 Å². The Morgan fingerprint density at radius 3 is 2.57 bits per heavy atom. The van der Waals surface area contributed by atoms with Gasteiger partial charge in [-0.05, 0) is 17.7 Å². The van der Waals surface area contributed by atoms with E-state index >= 15 is 0 Å². The van der Waals surface area contributed by atoms with Gasteiger partial charge in [0.05, 0.1) is 11.2 Å². The largest absolute Gasteiger partial charge is 0.339 e. The second-order valence-electron chi connectivity index (χ2n) is 4.39. The first-order chi connectivity index (χ1) is 9.68. The van der Waals surface area contributed by atoms with Gasteiger partial charge >= 0.3 is 0 Å². The van der Waals surface area contributed by atoms with Crippen LogP contribution in [0.4, 0.5) is 0 Å². The Hall–Kier alpha value is -1.75. The molecule has 0 amide bonds. The summed E-state index contributed by atoms with van der Waals surface area (Å²) in [6.45, 7) is -0.0672. The van der Waals surface area contributed by atoms with Crippen molar-refractivity contribution < 1.29 is 16.8 Å². The zero-order chi connectivity index (χ0) is 15.7. The minimum Gasteiger partial charge on any atom is -0.339 e. The minimum atomic E-state index is -3.82. The molecule has 0 saturated heterocycles. The van der Waals surface area contributed by atoms with Gasteiger partial charge in [-0.1, -0.05) is 12.1 Å². The summed E-state index contributed by atoms with van der Waals surface area (Å²) < 4.78 is 50.3. The molecular formula is C11H14N4O4S2. The number of nitrogens with zero attached hydrogens (tertiary/aromatic N) is 2. The fourth-order valence-electron chi connectivity index (χ4n) is 1.61. The number of rotatable bonds is 5. The molecule has 114 valence electrons. The number of hydrogen-bond acceptors (Lipinski definition) is 5. The molecule has 2 aromatic rings. The lowest BCUT2D eigenvalue weighted by Gasteiger charge is -2.06. The Balaban J connectivity index is 2.17. The average Bonchev–Trinajstić information content (AvgIpc) is 2.83. The molecule has 0 bridgehead atoms. The van der Waals surface area contributed by atoms with Crippen molar-refractivity contribution in [2.24, 2.45) is 12.2 Å². The molecular weight excluding hydrogens is 316 g/mol. The molecule has 0 unspecified atom stereocenters. The van der Waals surface area contributed by atoms with Gasteiger partial charge in [0.2, 0.25) is 10.0 Å². The van der Waals surface area contributed by atoms with Crippen LogP contribution in [0.2, 0.25) is 0 Å². The summed E-state index contributed by atoms with van der Waals surface area (Å²) in [7, 11) is -5.92. The molecule has 3 N–H and O–H groups in total. The van der Waals surface area contributed by atoms with E-state index in [4.69, 9.17) is 5.14 Å². The van der Waals surface area contributed by atoms with Crippen LogP contribution in [-0.2, 0) is 33.6 Å². The van der Waals surface area contributed by atoms with E-state index in [0.717, 1.165) is 0 Å². The van der Waals surface area contributed by atoms with Gasteiger partial charge in [0, 0.05) is 19.8 Å². The molecule has 1 aromatic carbocycles. The van der Waals surface area contributed by atoms with E-state index in [9.17, 15) is 16.8 Å². The first-order valence-corrected chi connectivity index (χ1v) is 8.81. The monoisotopic (exact) mass is 330 g/mol. The first-order valence-electron chi connectivity index (χ1n) is 5.78. The number of nitrogens with two attached hydrogens (primary N) is 1. The van der Waals surface area contributed by atoms with E-state index in [2.05, 4.69) is 9.71 Å². The van der Waals surface area contributed by atoms with Crippen molar-refractivity contribution in [1.29, 1.82) is 0 Å². The molecule has 0 atom stereocenters. The maximum atomic E-state index is 12.0. The van der Waals surface area contributed by atoms with Crippen LogP contribution >= 0.6 is 0 Å². The molecule has 21 heavy (non-hydrogen) atoms. The van der Waals surface area contributed by atoms with Gasteiger partial charge < -0.3 is 4.57 Å². The zero-order valence-corrected chi connectivity index (χ0v) is 12.7. The predicted octanol–water partition coefficient (Wildman–Crippen LogP) is -0.454. The van der Waals surface area contributed by atoms with E-state index < -0.39 is 20.0 Å². The average molecular weight is 330 g/mol. The normalized spacial score (nSPS) is 12.5. The van der Waals surface area contributed by atoms with Crippen LogP contribution < -0.4 is 9.86 Å². The second-order valence-corrected chi connectivity index (χ2v) is 7.67. The van der Waals surface area contributed by atoms with Crippen molar-refractivity contribution in [3.63, 3.8) is 0 Å². The van der Waals surface area contributed by atoms with Gasteiger partial charge in [-0.2, -0.15) is 0 Å². The Morgan fingerprint density at radius 2 is 2.00 bits per heavy atom. The van der Waals surface area contributed by atoms with E-state index in [1.807, 2.05) is 0 Å². The fourth-order valence-corrected chi connectivity index (χ4v) is 3.19. The summed E-state index contributed by atoms with van der Waals surface area (Å²) in [6, 6.07) is 5.74. The third-order valence-corrected chi connectivity index (χ3v) is 4.85. The number of sulfonamides is 2. The van der Waals surface area contributed by atoms with Crippen molar-refractivity contribution in [2.45, 2.75) is 16.5 Å². The van der Waals surface area contributed by atoms with E-state index in [1.54, 1.807) is 13.1 Å². The molecule has 0 aliphatic heterocycles. The summed E-state index contributed by atoms with van der Waals surface area (Å²) in [5.41, 5.74) is 0.473. The highest BCUT2D eigenvalue weighted by atomic mass is 32.2. The van der Waals surface area contributed by atoms with Crippen LogP contribution in [0.25, 0.3) is 0 Å². The van der Waals surface area contributed by atoms with Crippen LogP contribution in [0, 0.1) is 0 Å². The highest BCUT2D eigenvalue weighted by Gasteiger charge is 2.17. The SMILES string of the molecule is Cn1cnc(S(=O)(=O)NCc2cccc(S(N)(=O)=O)c2)c1. The molecule has 10 heteroatoms. The van der Waals surface area contributed by atoms with Crippen LogP contribution in [0.1, 0.15) is 5.56 Å². The van der Waals surface area contributed by atoms with Crippen molar-refractivity contribution in [1.82, 2.24) is 14.3 Å². The number of aryl methyl sites for hydroxylation is 1. The van der Waals surface area contributed by atoms with Crippen LogP contribution in [0.15, 0.2) is 46.7 Å². The summed E-state index contributed by atoms with van der Waals surface area (Å²) in [4.78, 5) is 3.68. The van der Waals surface area contributed by atoms with Crippen LogP contribution in [0.3, 0.4) is 0 Å². The van der Waals surface area contributed by atoms with E-state index in [-0.39, 0.29) is 16.5 Å². The molecule has 8 nitrogen and oxygen atoms in total. The molecule has 0 aliphatic carbocycles. The molecule has 0 spiro atoms. The van der Waals surface area contributed by atoms with Gasteiger partial charge in [0.1, 0.15) is 0 Å². The molecule has 1 aromatic heterocycles. The number of hydrogen-bond donors (Lipinski definition) is 2. The molecule has 0 radical (unpaired) electrons. The number of nitrogens with one attached hydrogen (secondary N) is 1. The maximum Gasteiger partial charge on any atom is 0.259 e. The predicted molar refractivity (Wildman–Crippen MR) is 75.0 cm³/mol. The lowest BCUT2D eigenvalue weighted by molar-refractivity contribution is 0.578. The lowest BCUT2D eigenvalue weighted by Crippen LogP contribution is -2.23. The third-order valence-electron chi connectivity index (χ3n) is 2.65. The summed E-state index contributed by atoms with van der Waals surface area (Å²) in [5.74, 6) is 0. The summed E-state index contributed by atoms with van der Waals surface area (Å²) >= 11 is 0. The zero-order valence-electron chi connectivity index (χ0n) is 11.1. The molecule has 0 fully saturated rings. The Morgan fingerprint density at radius 1 is 1.29 bits per heavy atom. The summed E-state index contributed by atoms with van der Waals surface area (Å²) in [6.07, 6.45) is 2.74. The highest BCUT2D eigenvalue weighted by Crippen LogP contribution is 2.11. The van der Waals surface area contributed by atoms with Crippen LogP contribution in [-0.4, -0.2) is 26.4 Å². The van der Waals surface area contributed by atoms with Crippen molar-refractivity contribution >= 4 is 20.0 Å². The van der Waals surface area contributed by atoms with Crippen molar-refractivity contribution in [3.8, 4) is 0 Å².